The number of carbonyl (C=O) groups excluding carboxylic acids is 1. The lowest BCUT2D eigenvalue weighted by molar-refractivity contribution is 0.104. The Morgan fingerprint density at radius 1 is 0.938 bits per heavy atom. The molecule has 1 heterocycles. The number of nitrogens with zero attached hydrogens (tertiary/aromatic N) is 1. The molecular weight excluding hydrogens is 398 g/mol. The van der Waals surface area contributed by atoms with Crippen molar-refractivity contribution in [3.63, 3.8) is 0 Å². The third-order valence-corrected chi connectivity index (χ3v) is 5.18. The number of rotatable bonds is 8. The van der Waals surface area contributed by atoms with Gasteiger partial charge in [-0.05, 0) is 67.1 Å². The fourth-order valence-corrected chi connectivity index (χ4v) is 3.41. The topological polar surface area (TPSA) is 40.5 Å². The smallest absolute Gasteiger partial charge is 0.185 e. The van der Waals surface area contributed by atoms with E-state index in [9.17, 15) is 4.79 Å². The zero-order valence-electron chi connectivity index (χ0n) is 18.2. The Balaban J connectivity index is 1.48. The summed E-state index contributed by atoms with van der Waals surface area (Å²) in [5, 5.41) is 0. The molecule has 0 unspecified atom stereocenters. The zero-order chi connectivity index (χ0) is 22.3. The molecule has 32 heavy (non-hydrogen) atoms. The van der Waals surface area contributed by atoms with E-state index < -0.39 is 0 Å². The highest BCUT2D eigenvalue weighted by Gasteiger charge is 2.07. The molecular formula is C28H25NO3. The van der Waals surface area contributed by atoms with Crippen LogP contribution in [0.25, 0.3) is 11.8 Å². The van der Waals surface area contributed by atoms with Crippen LogP contribution in [0.5, 0.6) is 11.5 Å². The van der Waals surface area contributed by atoms with E-state index in [1.165, 1.54) is 5.56 Å². The maximum absolute atomic E-state index is 12.7. The largest absolute Gasteiger partial charge is 0.496 e. The molecule has 0 spiro atoms. The van der Waals surface area contributed by atoms with Crippen LogP contribution < -0.4 is 9.47 Å². The molecule has 0 fully saturated rings. The van der Waals surface area contributed by atoms with Crippen LogP contribution in [0, 0.1) is 6.92 Å². The van der Waals surface area contributed by atoms with Gasteiger partial charge < -0.3 is 14.0 Å². The second-order valence-corrected chi connectivity index (χ2v) is 7.51. The predicted octanol–water partition coefficient (Wildman–Crippen LogP) is 6.27. The van der Waals surface area contributed by atoms with E-state index in [2.05, 4.69) is 0 Å². The molecule has 0 atom stereocenters. The van der Waals surface area contributed by atoms with Gasteiger partial charge >= 0.3 is 0 Å². The Bertz CT molecular complexity index is 1220. The molecule has 0 saturated heterocycles. The molecule has 0 aliphatic heterocycles. The van der Waals surface area contributed by atoms with Crippen molar-refractivity contribution in [3.8, 4) is 17.2 Å². The molecule has 3 aromatic carbocycles. The molecule has 0 radical (unpaired) electrons. The van der Waals surface area contributed by atoms with Gasteiger partial charge in [0.15, 0.2) is 5.78 Å². The number of allylic oxidation sites excluding steroid dienone is 1. The van der Waals surface area contributed by atoms with Crippen LogP contribution in [0.1, 0.15) is 27.0 Å². The number of aromatic nitrogens is 1. The highest BCUT2D eigenvalue weighted by molar-refractivity contribution is 6.07. The molecule has 0 amide bonds. The predicted molar refractivity (Wildman–Crippen MR) is 128 cm³/mol. The van der Waals surface area contributed by atoms with Gasteiger partial charge in [-0.15, -0.1) is 0 Å². The highest BCUT2D eigenvalue weighted by Crippen LogP contribution is 2.23. The van der Waals surface area contributed by atoms with Crippen LogP contribution >= 0.6 is 0 Å². The number of carbonyl (C=O) groups is 1. The van der Waals surface area contributed by atoms with Gasteiger partial charge in [0.1, 0.15) is 18.1 Å². The number of benzene rings is 3. The fraction of sp³-hybridized carbons (Fsp3) is 0.107. The molecule has 0 N–H and O–H groups in total. The average Bonchev–Trinajstić information content (AvgIpc) is 3.37. The summed E-state index contributed by atoms with van der Waals surface area (Å²) in [6.07, 6.45) is 7.33. The van der Waals surface area contributed by atoms with E-state index in [1.807, 2.05) is 109 Å². The van der Waals surface area contributed by atoms with Gasteiger partial charge in [0.05, 0.1) is 7.11 Å². The van der Waals surface area contributed by atoms with Crippen molar-refractivity contribution in [2.24, 2.45) is 0 Å². The van der Waals surface area contributed by atoms with Crippen molar-refractivity contribution in [2.45, 2.75) is 13.5 Å². The first-order chi connectivity index (χ1) is 15.6. The third-order valence-electron chi connectivity index (χ3n) is 5.18. The number of methoxy groups -OCH3 is 1. The molecule has 4 aromatic rings. The van der Waals surface area contributed by atoms with Gasteiger partial charge in [0.2, 0.25) is 0 Å². The van der Waals surface area contributed by atoms with Gasteiger partial charge in [-0.25, -0.2) is 0 Å². The van der Waals surface area contributed by atoms with E-state index in [-0.39, 0.29) is 5.78 Å². The first-order valence-corrected chi connectivity index (χ1v) is 10.4. The minimum atomic E-state index is -0.0488. The SMILES string of the molecule is COc1ccc(/C=C/C(=O)c2cccc(-n3cccc3)c2)cc1COc1ccc(C)cc1. The Morgan fingerprint density at radius 2 is 1.72 bits per heavy atom. The molecule has 0 saturated carbocycles. The van der Waals surface area contributed by atoms with Crippen molar-refractivity contribution in [1.82, 2.24) is 4.57 Å². The quantitative estimate of drug-likeness (QED) is 0.248. The van der Waals surface area contributed by atoms with Crippen LogP contribution in [-0.2, 0) is 6.61 Å². The number of hydrogen-bond acceptors (Lipinski definition) is 3. The zero-order valence-corrected chi connectivity index (χ0v) is 18.2. The summed E-state index contributed by atoms with van der Waals surface area (Å²) in [5.74, 6) is 1.50. The minimum Gasteiger partial charge on any atom is -0.496 e. The van der Waals surface area contributed by atoms with Crippen LogP contribution in [-0.4, -0.2) is 17.5 Å². The molecule has 4 rings (SSSR count). The van der Waals surface area contributed by atoms with Crippen LogP contribution in [0.4, 0.5) is 0 Å². The second-order valence-electron chi connectivity index (χ2n) is 7.51. The fourth-order valence-electron chi connectivity index (χ4n) is 3.41. The van der Waals surface area contributed by atoms with E-state index in [0.717, 1.165) is 28.3 Å². The van der Waals surface area contributed by atoms with Gasteiger partial charge in [-0.1, -0.05) is 42.0 Å². The summed E-state index contributed by atoms with van der Waals surface area (Å²) in [6.45, 7) is 2.42. The van der Waals surface area contributed by atoms with Crippen LogP contribution in [0.2, 0.25) is 0 Å². The molecule has 0 aliphatic rings. The number of ether oxygens (including phenoxy) is 2. The van der Waals surface area contributed by atoms with Crippen molar-refractivity contribution >= 4 is 11.9 Å². The Kier molecular flexibility index (Phi) is 6.52. The number of ketones is 1. The van der Waals surface area contributed by atoms with E-state index in [0.29, 0.717) is 12.2 Å². The van der Waals surface area contributed by atoms with Crippen LogP contribution in [0.3, 0.4) is 0 Å². The maximum atomic E-state index is 12.7. The molecule has 0 bridgehead atoms. The van der Waals surface area contributed by atoms with E-state index in [1.54, 1.807) is 13.2 Å². The molecule has 1 aromatic heterocycles. The Hall–Kier alpha value is -4.05. The van der Waals surface area contributed by atoms with Gasteiger partial charge in [0, 0.05) is 29.2 Å². The van der Waals surface area contributed by atoms with Crippen molar-refractivity contribution in [2.75, 3.05) is 7.11 Å². The molecule has 160 valence electrons. The summed E-state index contributed by atoms with van der Waals surface area (Å²) < 4.78 is 13.4. The van der Waals surface area contributed by atoms with Gasteiger partial charge in [-0.2, -0.15) is 0 Å². The second kappa shape index (κ2) is 9.84. The lowest BCUT2D eigenvalue weighted by atomic mass is 10.1. The third kappa shape index (κ3) is 5.16. The standard InChI is InChI=1S/C28H25NO3/c1-21-8-12-26(13-9-21)32-20-24-18-22(11-15-28(24)31-2)10-14-27(30)23-6-5-7-25(19-23)29-16-3-4-17-29/h3-19H,20H2,1-2H3/b14-10+. The minimum absolute atomic E-state index is 0.0488. The summed E-state index contributed by atoms with van der Waals surface area (Å²) >= 11 is 0. The lowest BCUT2D eigenvalue weighted by Crippen LogP contribution is -2.00. The normalized spacial score (nSPS) is 10.9. The average molecular weight is 424 g/mol. The molecule has 0 aliphatic carbocycles. The van der Waals surface area contributed by atoms with E-state index >= 15 is 0 Å². The summed E-state index contributed by atoms with van der Waals surface area (Å²) in [5.41, 5.74) is 4.60. The molecule has 4 heteroatoms. The number of aryl methyl sites for hydroxylation is 1. The van der Waals surface area contributed by atoms with Gasteiger partial charge in [-0.3, -0.25) is 4.79 Å². The first-order valence-electron chi connectivity index (χ1n) is 10.4. The summed E-state index contributed by atoms with van der Waals surface area (Å²) in [4.78, 5) is 12.7. The molecule has 4 nitrogen and oxygen atoms in total. The van der Waals surface area contributed by atoms with E-state index in [4.69, 9.17) is 9.47 Å². The van der Waals surface area contributed by atoms with Gasteiger partial charge in [0.25, 0.3) is 0 Å². The Labute approximate surface area is 188 Å². The Morgan fingerprint density at radius 3 is 2.47 bits per heavy atom. The first kappa shape index (κ1) is 21.2. The lowest BCUT2D eigenvalue weighted by Gasteiger charge is -2.11. The maximum Gasteiger partial charge on any atom is 0.185 e. The summed E-state index contributed by atoms with van der Waals surface area (Å²) in [6, 6.07) is 25.2. The van der Waals surface area contributed by atoms with Crippen molar-refractivity contribution < 1.29 is 14.3 Å². The summed E-state index contributed by atoms with van der Waals surface area (Å²) in [7, 11) is 1.64. The van der Waals surface area contributed by atoms with Crippen molar-refractivity contribution in [3.05, 3.63) is 120 Å². The highest BCUT2D eigenvalue weighted by atomic mass is 16.5. The monoisotopic (exact) mass is 423 g/mol. The van der Waals surface area contributed by atoms with Crippen molar-refractivity contribution in [1.29, 1.82) is 0 Å². The van der Waals surface area contributed by atoms with Crippen LogP contribution in [0.15, 0.2) is 97.3 Å². The number of hydrogen-bond donors (Lipinski definition) is 0.